The second kappa shape index (κ2) is 5.48. The molecule has 1 fully saturated rings. The van der Waals surface area contributed by atoms with Crippen molar-refractivity contribution in [1.82, 2.24) is 15.6 Å². The number of hydrogen-bond donors (Lipinski definition) is 3. The van der Waals surface area contributed by atoms with E-state index in [-0.39, 0.29) is 17.9 Å². The minimum Gasteiger partial charge on any atom is -0.372 e. The molecule has 3 N–H and O–H groups in total. The third kappa shape index (κ3) is 2.77. The van der Waals surface area contributed by atoms with Crippen LogP contribution in [0.3, 0.4) is 0 Å². The summed E-state index contributed by atoms with van der Waals surface area (Å²) in [6, 6.07) is 3.42. The fraction of sp³-hybridized carbons (Fsp3) is 0.417. The molecule has 1 aliphatic rings. The van der Waals surface area contributed by atoms with Gasteiger partial charge in [-0.05, 0) is 18.6 Å². The molecule has 0 aromatic carbocycles. The third-order valence-electron chi connectivity index (χ3n) is 2.89. The number of carbonyl (C=O) groups is 2. The second-order valence-electron chi connectivity index (χ2n) is 4.16. The molecule has 0 aliphatic carbocycles. The van der Waals surface area contributed by atoms with Gasteiger partial charge < -0.3 is 16.0 Å². The summed E-state index contributed by atoms with van der Waals surface area (Å²) in [5, 5.41) is 8.51. The molecule has 0 spiro atoms. The van der Waals surface area contributed by atoms with Gasteiger partial charge in [0.05, 0.1) is 5.56 Å². The number of aromatic nitrogens is 1. The Morgan fingerprint density at radius 3 is 3.06 bits per heavy atom. The molecular formula is C12H16N4O2. The molecule has 0 saturated carbocycles. The number of rotatable bonds is 3. The van der Waals surface area contributed by atoms with Gasteiger partial charge in [-0.2, -0.15) is 0 Å². The van der Waals surface area contributed by atoms with Crippen LogP contribution in [0.1, 0.15) is 23.2 Å². The highest BCUT2D eigenvalue weighted by molar-refractivity contribution is 5.98. The van der Waals surface area contributed by atoms with Gasteiger partial charge in [-0.3, -0.25) is 9.59 Å². The number of nitrogens with zero attached hydrogens (tertiary/aromatic N) is 1. The lowest BCUT2D eigenvalue weighted by atomic mass is 10.1. The largest absolute Gasteiger partial charge is 0.372 e. The predicted molar refractivity (Wildman–Crippen MR) is 67.3 cm³/mol. The van der Waals surface area contributed by atoms with Gasteiger partial charge in [0, 0.05) is 32.3 Å². The maximum atomic E-state index is 12.1. The van der Waals surface area contributed by atoms with E-state index in [0.717, 1.165) is 0 Å². The quantitative estimate of drug-likeness (QED) is 0.710. The standard InChI is InChI=1S/C12H16N4O2/c1-13-11-9(3-2-6-14-11)12(18)16-8-4-5-10(17)15-7-8/h2-3,6,8H,4-5,7H2,1H3,(H,13,14)(H,15,17)(H,16,18). The van der Waals surface area contributed by atoms with Gasteiger partial charge in [0.1, 0.15) is 5.82 Å². The zero-order valence-electron chi connectivity index (χ0n) is 10.2. The van der Waals surface area contributed by atoms with Crippen LogP contribution in [-0.4, -0.2) is 36.4 Å². The minimum absolute atomic E-state index is 0.0138. The fourth-order valence-corrected chi connectivity index (χ4v) is 1.91. The van der Waals surface area contributed by atoms with E-state index in [1.807, 2.05) is 0 Å². The van der Waals surface area contributed by atoms with Gasteiger partial charge in [0.25, 0.3) is 5.91 Å². The van der Waals surface area contributed by atoms with E-state index in [0.29, 0.717) is 30.8 Å². The summed E-state index contributed by atoms with van der Waals surface area (Å²) in [6.45, 7) is 0.486. The highest BCUT2D eigenvalue weighted by atomic mass is 16.2. The van der Waals surface area contributed by atoms with Crippen LogP contribution in [0.5, 0.6) is 0 Å². The Bertz CT molecular complexity index is 451. The molecule has 1 atom stereocenters. The number of carbonyl (C=O) groups excluding carboxylic acids is 2. The van der Waals surface area contributed by atoms with Gasteiger partial charge in [-0.1, -0.05) is 0 Å². The predicted octanol–water partition coefficient (Wildman–Crippen LogP) is 0.132. The first kappa shape index (κ1) is 12.3. The van der Waals surface area contributed by atoms with Crippen molar-refractivity contribution in [2.45, 2.75) is 18.9 Å². The van der Waals surface area contributed by atoms with E-state index in [2.05, 4.69) is 20.9 Å². The van der Waals surface area contributed by atoms with Crippen molar-refractivity contribution in [3.8, 4) is 0 Å². The van der Waals surface area contributed by atoms with Gasteiger partial charge >= 0.3 is 0 Å². The molecule has 0 bridgehead atoms. The number of anilines is 1. The second-order valence-corrected chi connectivity index (χ2v) is 4.16. The highest BCUT2D eigenvalue weighted by Gasteiger charge is 2.21. The average molecular weight is 248 g/mol. The van der Waals surface area contributed by atoms with E-state index >= 15 is 0 Å². The number of hydrogen-bond acceptors (Lipinski definition) is 4. The van der Waals surface area contributed by atoms with Crippen LogP contribution in [0.15, 0.2) is 18.3 Å². The molecule has 6 heteroatoms. The Morgan fingerprint density at radius 1 is 1.56 bits per heavy atom. The summed E-state index contributed by atoms with van der Waals surface area (Å²) in [4.78, 5) is 27.2. The van der Waals surface area contributed by atoms with Crippen LogP contribution >= 0.6 is 0 Å². The summed E-state index contributed by atoms with van der Waals surface area (Å²) in [5.74, 6) is 0.418. The molecule has 18 heavy (non-hydrogen) atoms. The van der Waals surface area contributed by atoms with Crippen molar-refractivity contribution in [2.75, 3.05) is 18.9 Å². The zero-order valence-corrected chi connectivity index (χ0v) is 10.2. The topological polar surface area (TPSA) is 83.1 Å². The maximum Gasteiger partial charge on any atom is 0.255 e. The van der Waals surface area contributed by atoms with Crippen molar-refractivity contribution in [1.29, 1.82) is 0 Å². The molecule has 1 unspecified atom stereocenters. The molecule has 96 valence electrons. The summed E-state index contributed by atoms with van der Waals surface area (Å²) in [6.07, 6.45) is 2.76. The van der Waals surface area contributed by atoms with Crippen molar-refractivity contribution in [2.24, 2.45) is 0 Å². The summed E-state index contributed by atoms with van der Waals surface area (Å²) < 4.78 is 0. The normalized spacial score (nSPS) is 18.9. The first-order valence-electron chi connectivity index (χ1n) is 5.91. The lowest BCUT2D eigenvalue weighted by molar-refractivity contribution is -0.122. The fourth-order valence-electron chi connectivity index (χ4n) is 1.91. The first-order chi connectivity index (χ1) is 8.70. The molecule has 1 saturated heterocycles. The Morgan fingerprint density at radius 2 is 2.39 bits per heavy atom. The smallest absolute Gasteiger partial charge is 0.255 e. The molecule has 0 radical (unpaired) electrons. The molecule has 1 aromatic heterocycles. The molecule has 1 aromatic rings. The summed E-state index contributed by atoms with van der Waals surface area (Å²) in [5.41, 5.74) is 0.511. The number of nitrogens with one attached hydrogen (secondary N) is 3. The number of pyridine rings is 1. The van der Waals surface area contributed by atoms with Gasteiger partial charge in [0.2, 0.25) is 5.91 Å². The van der Waals surface area contributed by atoms with Crippen molar-refractivity contribution < 1.29 is 9.59 Å². The van der Waals surface area contributed by atoms with Crippen molar-refractivity contribution in [3.05, 3.63) is 23.9 Å². The van der Waals surface area contributed by atoms with Gasteiger partial charge in [-0.15, -0.1) is 0 Å². The lowest BCUT2D eigenvalue weighted by Crippen LogP contribution is -2.47. The number of amides is 2. The van der Waals surface area contributed by atoms with E-state index in [1.54, 1.807) is 25.4 Å². The first-order valence-corrected chi connectivity index (χ1v) is 5.91. The Balaban J connectivity index is 2.01. The van der Waals surface area contributed by atoms with Crippen LogP contribution in [0, 0.1) is 0 Å². The third-order valence-corrected chi connectivity index (χ3v) is 2.89. The molecule has 2 heterocycles. The molecule has 2 rings (SSSR count). The van der Waals surface area contributed by atoms with Crippen molar-refractivity contribution in [3.63, 3.8) is 0 Å². The van der Waals surface area contributed by atoms with E-state index < -0.39 is 0 Å². The summed E-state index contributed by atoms with van der Waals surface area (Å²) in [7, 11) is 1.72. The van der Waals surface area contributed by atoms with Crippen LogP contribution < -0.4 is 16.0 Å². The van der Waals surface area contributed by atoms with E-state index in [4.69, 9.17) is 0 Å². The molecule has 6 nitrogen and oxygen atoms in total. The van der Waals surface area contributed by atoms with Gasteiger partial charge in [-0.25, -0.2) is 4.98 Å². The van der Waals surface area contributed by atoms with E-state index in [1.165, 1.54) is 0 Å². The highest BCUT2D eigenvalue weighted by Crippen LogP contribution is 2.11. The van der Waals surface area contributed by atoms with Crippen LogP contribution in [0.2, 0.25) is 0 Å². The van der Waals surface area contributed by atoms with E-state index in [9.17, 15) is 9.59 Å². The molecule has 1 aliphatic heterocycles. The minimum atomic E-state index is -0.173. The maximum absolute atomic E-state index is 12.1. The average Bonchev–Trinajstić information content (AvgIpc) is 2.41. The molecule has 2 amide bonds. The van der Waals surface area contributed by atoms with Crippen molar-refractivity contribution >= 4 is 17.6 Å². The monoisotopic (exact) mass is 248 g/mol. The SMILES string of the molecule is CNc1ncccc1C(=O)NC1CCC(=O)NC1. The lowest BCUT2D eigenvalue weighted by Gasteiger charge is -2.23. The van der Waals surface area contributed by atoms with Crippen LogP contribution in [0.25, 0.3) is 0 Å². The Labute approximate surface area is 105 Å². The van der Waals surface area contributed by atoms with Gasteiger partial charge in [0.15, 0.2) is 0 Å². The Hall–Kier alpha value is -2.11. The van der Waals surface area contributed by atoms with Crippen LogP contribution in [-0.2, 0) is 4.79 Å². The Kier molecular flexibility index (Phi) is 3.76. The summed E-state index contributed by atoms with van der Waals surface area (Å²) >= 11 is 0. The van der Waals surface area contributed by atoms with Crippen LogP contribution in [0.4, 0.5) is 5.82 Å². The number of piperidine rings is 1. The molecular weight excluding hydrogens is 232 g/mol. The zero-order chi connectivity index (χ0) is 13.0.